The van der Waals surface area contributed by atoms with Gasteiger partial charge in [0, 0.05) is 24.5 Å². The third kappa shape index (κ3) is 7.40. The van der Waals surface area contributed by atoms with Gasteiger partial charge >= 0.3 is 0 Å². The number of benzene rings is 1. The van der Waals surface area contributed by atoms with Crippen LogP contribution in [-0.4, -0.2) is 72.4 Å². The number of amides is 1. The molecule has 33 heavy (non-hydrogen) atoms. The molecule has 7 heteroatoms. The van der Waals surface area contributed by atoms with Gasteiger partial charge in [-0.3, -0.25) is 9.69 Å². The van der Waals surface area contributed by atoms with Gasteiger partial charge in [-0.25, -0.2) is 0 Å². The van der Waals surface area contributed by atoms with Crippen molar-refractivity contribution in [1.29, 1.82) is 0 Å². The first kappa shape index (κ1) is 25.4. The summed E-state index contributed by atoms with van der Waals surface area (Å²) in [4.78, 5) is 18.6. The summed E-state index contributed by atoms with van der Waals surface area (Å²) in [6, 6.07) is 9.95. The summed E-state index contributed by atoms with van der Waals surface area (Å²) in [6.07, 6.45) is 2.00. The molecule has 6 nitrogen and oxygen atoms in total. The van der Waals surface area contributed by atoms with Gasteiger partial charge in [0.1, 0.15) is 12.4 Å². The summed E-state index contributed by atoms with van der Waals surface area (Å²) in [5, 5.41) is 12.4. The lowest BCUT2D eigenvalue weighted by molar-refractivity contribution is -0.136. The van der Waals surface area contributed by atoms with E-state index in [9.17, 15) is 9.90 Å². The van der Waals surface area contributed by atoms with Gasteiger partial charge in [-0.05, 0) is 56.3 Å². The van der Waals surface area contributed by atoms with Gasteiger partial charge in [-0.15, -0.1) is 17.9 Å². The number of thiophene rings is 1. The maximum Gasteiger partial charge on any atom is 0.237 e. The third-order valence-electron chi connectivity index (χ3n) is 5.68. The van der Waals surface area contributed by atoms with Crippen molar-refractivity contribution in [3.8, 4) is 5.75 Å². The number of rotatable bonds is 12. The highest BCUT2D eigenvalue weighted by molar-refractivity contribution is 7.10. The van der Waals surface area contributed by atoms with Crippen molar-refractivity contribution < 1.29 is 19.4 Å². The highest BCUT2D eigenvalue weighted by atomic mass is 32.1. The lowest BCUT2D eigenvalue weighted by atomic mass is 10.0. The molecule has 0 fully saturated rings. The fourth-order valence-corrected chi connectivity index (χ4v) is 4.94. The number of fused-ring (bicyclic) bond motifs is 1. The van der Waals surface area contributed by atoms with E-state index in [-0.39, 0.29) is 31.2 Å². The van der Waals surface area contributed by atoms with Gasteiger partial charge in [0.25, 0.3) is 0 Å². The molecule has 2 atom stereocenters. The molecule has 1 N–H and O–H groups in total. The van der Waals surface area contributed by atoms with Crippen LogP contribution in [0.15, 0.2) is 48.4 Å². The van der Waals surface area contributed by atoms with Crippen LogP contribution in [0.25, 0.3) is 0 Å². The Morgan fingerprint density at radius 3 is 2.79 bits per heavy atom. The van der Waals surface area contributed by atoms with Gasteiger partial charge in [-0.2, -0.15) is 0 Å². The predicted octanol–water partition coefficient (Wildman–Crippen LogP) is 3.84. The maximum atomic E-state index is 13.4. The van der Waals surface area contributed by atoms with Crippen LogP contribution in [0, 0.1) is 6.92 Å². The van der Waals surface area contributed by atoms with Crippen LogP contribution in [0.4, 0.5) is 0 Å². The molecule has 0 aliphatic carbocycles. The van der Waals surface area contributed by atoms with Gasteiger partial charge in [0.2, 0.25) is 5.91 Å². The van der Waals surface area contributed by atoms with Crippen LogP contribution in [0.2, 0.25) is 0 Å². The first-order valence-corrected chi connectivity index (χ1v) is 12.4. The van der Waals surface area contributed by atoms with E-state index in [4.69, 9.17) is 9.47 Å². The van der Waals surface area contributed by atoms with Crippen LogP contribution < -0.4 is 4.74 Å². The number of aliphatic hydroxyl groups excluding tert-OH is 1. The fraction of sp³-hybridized carbons (Fsp3) is 0.500. The molecular formula is C26H36N2O4S. The summed E-state index contributed by atoms with van der Waals surface area (Å²) in [7, 11) is 0. The summed E-state index contributed by atoms with van der Waals surface area (Å²) < 4.78 is 11.6. The van der Waals surface area contributed by atoms with E-state index in [1.807, 2.05) is 54.8 Å². The monoisotopic (exact) mass is 472 g/mol. The summed E-state index contributed by atoms with van der Waals surface area (Å²) in [5.41, 5.74) is 2.35. The van der Waals surface area contributed by atoms with E-state index >= 15 is 0 Å². The van der Waals surface area contributed by atoms with Crippen LogP contribution in [0.5, 0.6) is 5.75 Å². The van der Waals surface area contributed by atoms with Crippen molar-refractivity contribution in [3.63, 3.8) is 0 Å². The normalized spacial score (nSPS) is 16.7. The molecule has 180 valence electrons. The Bertz CT molecular complexity index is 896. The molecule has 2 aromatic rings. The number of aryl methyl sites for hydroxylation is 1. The number of carbonyl (C=O) groups is 1. The lowest BCUT2D eigenvalue weighted by Gasteiger charge is -2.37. The lowest BCUT2D eigenvalue weighted by Crippen LogP contribution is -2.48. The molecule has 1 aromatic carbocycles. The number of carbonyl (C=O) groups excluding carboxylic acids is 1. The highest BCUT2D eigenvalue weighted by Gasteiger charge is 2.33. The smallest absolute Gasteiger partial charge is 0.237 e. The average Bonchev–Trinajstić information content (AvgIpc) is 3.26. The predicted molar refractivity (Wildman–Crippen MR) is 133 cm³/mol. The molecule has 1 aromatic heterocycles. The molecule has 0 bridgehead atoms. The topological polar surface area (TPSA) is 62.2 Å². The van der Waals surface area contributed by atoms with E-state index < -0.39 is 6.10 Å². The van der Waals surface area contributed by atoms with Crippen LogP contribution in [-0.2, 0) is 16.0 Å². The van der Waals surface area contributed by atoms with E-state index in [0.29, 0.717) is 26.2 Å². The number of hydrogen-bond donors (Lipinski definition) is 1. The summed E-state index contributed by atoms with van der Waals surface area (Å²) >= 11 is 1.74. The molecule has 3 rings (SSSR count). The second-order valence-corrected chi connectivity index (χ2v) is 9.80. The summed E-state index contributed by atoms with van der Waals surface area (Å²) in [6.45, 7) is 12.1. The standard InChI is InChI=1S/C26H36N2O4S/c1-5-12-27(15-21(29)17-31-19(2)3)16-26(30)28-13-10-25-23(11-14-33-25)24(28)18-32-22-8-6-20(4)7-9-22/h5-9,11,14,19,21,24,29H,1,10,12-13,15-18H2,2-4H3/t21-,24+/m0/s1. The van der Waals surface area contributed by atoms with Crippen molar-refractivity contribution in [2.75, 3.05) is 39.4 Å². The Balaban J connectivity index is 1.67. The number of aliphatic hydroxyl groups is 1. The second kappa shape index (κ2) is 12.3. The minimum absolute atomic E-state index is 0.0307. The number of nitrogens with zero attached hydrogens (tertiary/aromatic N) is 2. The fourth-order valence-electron chi connectivity index (χ4n) is 4.01. The zero-order valence-electron chi connectivity index (χ0n) is 19.9. The molecule has 0 saturated carbocycles. The zero-order chi connectivity index (χ0) is 23.8. The van der Waals surface area contributed by atoms with Crippen molar-refractivity contribution >= 4 is 17.2 Å². The zero-order valence-corrected chi connectivity index (χ0v) is 20.7. The van der Waals surface area contributed by atoms with Crippen molar-refractivity contribution in [2.45, 2.75) is 45.4 Å². The van der Waals surface area contributed by atoms with Gasteiger partial charge in [0.15, 0.2) is 0 Å². The quantitative estimate of drug-likeness (QED) is 0.476. The molecular weight excluding hydrogens is 436 g/mol. The molecule has 2 heterocycles. The van der Waals surface area contributed by atoms with E-state index in [1.54, 1.807) is 17.4 Å². The first-order valence-electron chi connectivity index (χ1n) is 11.6. The number of ether oxygens (including phenoxy) is 2. The van der Waals surface area contributed by atoms with E-state index in [0.717, 1.165) is 12.2 Å². The SMILES string of the molecule is C=CCN(CC(=O)N1CCc2sccc2[C@H]1COc1ccc(C)cc1)C[C@H](O)COC(C)C. The van der Waals surface area contributed by atoms with E-state index in [2.05, 4.69) is 18.0 Å². The minimum Gasteiger partial charge on any atom is -0.491 e. The molecule has 1 aliphatic rings. The first-order chi connectivity index (χ1) is 15.9. The summed E-state index contributed by atoms with van der Waals surface area (Å²) in [5.74, 6) is 0.833. The Kier molecular flexibility index (Phi) is 9.50. The molecule has 1 aliphatic heterocycles. The average molecular weight is 473 g/mol. The van der Waals surface area contributed by atoms with Crippen LogP contribution >= 0.6 is 11.3 Å². The molecule has 0 spiro atoms. The van der Waals surface area contributed by atoms with Crippen LogP contribution in [0.1, 0.15) is 35.9 Å². The minimum atomic E-state index is -0.661. The van der Waals surface area contributed by atoms with Gasteiger partial charge in [0.05, 0.1) is 31.4 Å². The second-order valence-electron chi connectivity index (χ2n) is 8.79. The Morgan fingerprint density at radius 2 is 2.09 bits per heavy atom. The van der Waals surface area contributed by atoms with Crippen molar-refractivity contribution in [3.05, 3.63) is 64.4 Å². The van der Waals surface area contributed by atoms with Gasteiger partial charge in [-0.1, -0.05) is 23.8 Å². The Labute approximate surface area is 201 Å². The van der Waals surface area contributed by atoms with Gasteiger partial charge < -0.3 is 19.5 Å². The molecule has 0 saturated heterocycles. The Morgan fingerprint density at radius 1 is 1.33 bits per heavy atom. The molecule has 0 radical (unpaired) electrons. The number of hydrogen-bond acceptors (Lipinski definition) is 6. The molecule has 0 unspecified atom stereocenters. The van der Waals surface area contributed by atoms with Crippen LogP contribution in [0.3, 0.4) is 0 Å². The molecule has 1 amide bonds. The maximum absolute atomic E-state index is 13.4. The Hall–Kier alpha value is -2.19. The van der Waals surface area contributed by atoms with Crippen molar-refractivity contribution in [2.24, 2.45) is 0 Å². The third-order valence-corrected chi connectivity index (χ3v) is 6.68. The highest BCUT2D eigenvalue weighted by Crippen LogP contribution is 2.34. The van der Waals surface area contributed by atoms with E-state index in [1.165, 1.54) is 16.0 Å². The van der Waals surface area contributed by atoms with Crippen molar-refractivity contribution in [1.82, 2.24) is 9.80 Å². The largest absolute Gasteiger partial charge is 0.491 e.